The molecule has 0 saturated carbocycles. The largest absolute Gasteiger partial charge is 0.433 e. The number of ether oxygens (including phenoxy) is 1. The number of aryl methyl sites for hydroxylation is 1. The maximum absolute atomic E-state index is 12.4. The smallest absolute Gasteiger partial charge is 0.401 e. The van der Waals surface area contributed by atoms with Crippen molar-refractivity contribution < 1.29 is 23.8 Å². The van der Waals surface area contributed by atoms with Gasteiger partial charge in [0, 0.05) is 6.08 Å². The number of carbonyl (C=O) groups excluding carboxylic acids is 1. The fraction of sp³-hybridized carbons (Fsp3) is 0.350. The Morgan fingerprint density at radius 1 is 1.25 bits per heavy atom. The van der Waals surface area contributed by atoms with E-state index in [2.05, 4.69) is 5.32 Å². The van der Waals surface area contributed by atoms with E-state index in [-0.39, 0.29) is 23.6 Å². The second-order valence-electron chi connectivity index (χ2n) is 6.80. The second kappa shape index (κ2) is 9.29. The first kappa shape index (κ1) is 19.8. The molecule has 28 heavy (non-hydrogen) atoms. The van der Waals surface area contributed by atoms with Crippen LogP contribution >= 0.6 is 0 Å². The predicted octanol–water partition coefficient (Wildman–Crippen LogP) is 1.28. The monoisotopic (exact) mass is 386 g/mol. The normalized spacial score (nSPS) is 16.2. The number of rotatable bonds is 7. The summed E-state index contributed by atoms with van der Waals surface area (Å²) in [7, 11) is 0. The zero-order valence-electron chi connectivity index (χ0n) is 15.7. The van der Waals surface area contributed by atoms with Gasteiger partial charge in [-0.2, -0.15) is 0 Å². The molecule has 0 radical (unpaired) electrons. The highest BCUT2D eigenvalue weighted by molar-refractivity contribution is 5.91. The van der Waals surface area contributed by atoms with Crippen LogP contribution in [0.15, 0.2) is 46.9 Å². The molecule has 8 nitrogen and oxygen atoms in total. The Kier molecular flexibility index (Phi) is 6.57. The molecule has 2 N–H and O–H groups in total. The Labute approximate surface area is 162 Å². The van der Waals surface area contributed by atoms with E-state index in [0.29, 0.717) is 0 Å². The number of hydrogen-bond donors (Lipinski definition) is 2. The summed E-state index contributed by atoms with van der Waals surface area (Å²) in [6.45, 7) is 6.05. The summed E-state index contributed by atoms with van der Waals surface area (Å²) in [6.07, 6.45) is 2.76. The van der Waals surface area contributed by atoms with Gasteiger partial charge in [-0.1, -0.05) is 29.8 Å². The fourth-order valence-corrected chi connectivity index (χ4v) is 3.11. The van der Waals surface area contributed by atoms with Crippen LogP contribution in [0.2, 0.25) is 0 Å². The molecule has 8 heteroatoms. The van der Waals surface area contributed by atoms with Crippen molar-refractivity contribution in [2.45, 2.75) is 13.0 Å². The summed E-state index contributed by atoms with van der Waals surface area (Å²) < 4.78 is 10.4. The van der Waals surface area contributed by atoms with Gasteiger partial charge >= 0.3 is 5.88 Å². The minimum absolute atomic E-state index is 0.142. The van der Waals surface area contributed by atoms with Gasteiger partial charge in [0.1, 0.15) is 36.4 Å². The third kappa shape index (κ3) is 5.51. The summed E-state index contributed by atoms with van der Waals surface area (Å²) in [4.78, 5) is 23.9. The summed E-state index contributed by atoms with van der Waals surface area (Å²) in [5.74, 6) is -0.377. The van der Waals surface area contributed by atoms with Crippen LogP contribution in [-0.4, -0.2) is 43.7 Å². The molecule has 2 aromatic rings. The molecule has 2 heterocycles. The topological polar surface area (TPSA) is 99.0 Å². The molecule has 1 atom stereocenters. The molecule has 0 spiro atoms. The third-order valence-electron chi connectivity index (χ3n) is 4.68. The number of morpholine rings is 1. The maximum Gasteiger partial charge on any atom is 0.433 e. The van der Waals surface area contributed by atoms with Gasteiger partial charge in [0.2, 0.25) is 5.91 Å². The Hall–Kier alpha value is -2.97. The maximum atomic E-state index is 12.4. The highest BCUT2D eigenvalue weighted by atomic mass is 16.6. The summed E-state index contributed by atoms with van der Waals surface area (Å²) in [5, 5.41) is 13.7. The molecule has 1 saturated heterocycles. The van der Waals surface area contributed by atoms with Gasteiger partial charge < -0.3 is 19.4 Å². The molecular weight excluding hydrogens is 362 g/mol. The Balaban J connectivity index is 1.68. The van der Waals surface area contributed by atoms with Gasteiger partial charge in [-0.05, 0) is 24.6 Å². The van der Waals surface area contributed by atoms with Gasteiger partial charge in [-0.25, -0.2) is 0 Å². The summed E-state index contributed by atoms with van der Waals surface area (Å²) >= 11 is 0. The Morgan fingerprint density at radius 3 is 2.61 bits per heavy atom. The number of nitrogens with zero attached hydrogens (tertiary/aromatic N) is 1. The summed E-state index contributed by atoms with van der Waals surface area (Å²) in [6, 6.07) is 10.7. The van der Waals surface area contributed by atoms with E-state index in [0.717, 1.165) is 44.0 Å². The number of nitro groups is 1. The van der Waals surface area contributed by atoms with Gasteiger partial charge in [0.25, 0.3) is 0 Å². The third-order valence-corrected chi connectivity index (χ3v) is 4.68. The molecule has 1 fully saturated rings. The van der Waals surface area contributed by atoms with Crippen molar-refractivity contribution in [1.29, 1.82) is 0 Å². The number of carbonyl (C=O) groups is 1. The quantitative estimate of drug-likeness (QED) is 0.424. The first-order chi connectivity index (χ1) is 13.5. The number of amides is 1. The summed E-state index contributed by atoms with van der Waals surface area (Å²) in [5.41, 5.74) is 2.20. The van der Waals surface area contributed by atoms with Crippen molar-refractivity contribution in [3.8, 4) is 0 Å². The number of hydrogen-bond acceptors (Lipinski definition) is 5. The molecule has 1 aromatic carbocycles. The lowest BCUT2D eigenvalue weighted by Crippen LogP contribution is -3.14. The van der Waals surface area contributed by atoms with Crippen molar-refractivity contribution in [2.75, 3.05) is 32.8 Å². The number of furan rings is 1. The van der Waals surface area contributed by atoms with Crippen molar-refractivity contribution in [3.63, 3.8) is 0 Å². The van der Waals surface area contributed by atoms with Crippen LogP contribution in [0.5, 0.6) is 0 Å². The first-order valence-corrected chi connectivity index (χ1v) is 9.22. The molecule has 1 aliphatic rings. The van der Waals surface area contributed by atoms with E-state index < -0.39 is 4.92 Å². The van der Waals surface area contributed by atoms with Crippen LogP contribution in [-0.2, 0) is 9.53 Å². The van der Waals surface area contributed by atoms with Gasteiger partial charge in [-0.3, -0.25) is 14.9 Å². The molecule has 0 aliphatic carbocycles. The van der Waals surface area contributed by atoms with Gasteiger partial charge in [0.15, 0.2) is 0 Å². The first-order valence-electron chi connectivity index (χ1n) is 9.22. The van der Waals surface area contributed by atoms with E-state index in [1.54, 1.807) is 0 Å². The van der Waals surface area contributed by atoms with E-state index in [1.165, 1.54) is 29.2 Å². The molecule has 148 valence electrons. The minimum Gasteiger partial charge on any atom is -0.401 e. The van der Waals surface area contributed by atoms with E-state index >= 15 is 0 Å². The molecule has 0 bridgehead atoms. The number of nitrogens with one attached hydrogen (secondary N) is 2. The highest BCUT2D eigenvalue weighted by Gasteiger charge is 2.22. The Bertz CT molecular complexity index is 838. The fourth-order valence-electron chi connectivity index (χ4n) is 3.11. The number of benzene rings is 1. The van der Waals surface area contributed by atoms with Crippen molar-refractivity contribution in [2.24, 2.45) is 0 Å². The zero-order chi connectivity index (χ0) is 19.9. The van der Waals surface area contributed by atoms with Crippen LogP contribution in [0.1, 0.15) is 22.9 Å². The van der Waals surface area contributed by atoms with Crippen LogP contribution in [0, 0.1) is 17.0 Å². The molecule has 1 aromatic heterocycles. The van der Waals surface area contributed by atoms with Crippen LogP contribution in [0.4, 0.5) is 5.88 Å². The van der Waals surface area contributed by atoms with E-state index in [4.69, 9.17) is 9.15 Å². The average molecular weight is 386 g/mol. The average Bonchev–Trinajstić information content (AvgIpc) is 3.17. The zero-order valence-corrected chi connectivity index (χ0v) is 15.7. The SMILES string of the molecule is Cc1ccc([C@H](C[NH+]2CCOCC2)NC(=O)/C=C/c2ccc([N+](=O)[O-])o2)cc1. The lowest BCUT2D eigenvalue weighted by Gasteiger charge is -2.28. The molecule has 1 aliphatic heterocycles. The molecule has 0 unspecified atom stereocenters. The molecule has 1 amide bonds. The van der Waals surface area contributed by atoms with Crippen molar-refractivity contribution in [3.05, 3.63) is 69.5 Å². The predicted molar refractivity (Wildman–Crippen MR) is 103 cm³/mol. The number of quaternary nitrogens is 1. The molecule has 3 rings (SSSR count). The van der Waals surface area contributed by atoms with Crippen LogP contribution < -0.4 is 10.2 Å². The lowest BCUT2D eigenvalue weighted by atomic mass is 10.0. The standard InChI is InChI=1S/C20H23N3O5/c1-15-2-4-16(5-3-15)18(14-22-10-12-27-13-11-22)21-19(24)8-6-17-7-9-20(28-17)23(25)26/h2-9,18H,10-14H2,1H3,(H,21,24)/p+1/b8-6+/t18-/m0/s1. The van der Waals surface area contributed by atoms with Gasteiger partial charge in [-0.15, -0.1) is 0 Å². The van der Waals surface area contributed by atoms with Crippen LogP contribution in [0.3, 0.4) is 0 Å². The van der Waals surface area contributed by atoms with E-state index in [1.807, 2.05) is 31.2 Å². The van der Waals surface area contributed by atoms with Gasteiger partial charge in [0.05, 0.1) is 19.3 Å². The second-order valence-corrected chi connectivity index (χ2v) is 6.80. The van der Waals surface area contributed by atoms with Crippen molar-refractivity contribution in [1.82, 2.24) is 5.32 Å². The van der Waals surface area contributed by atoms with Crippen molar-refractivity contribution >= 4 is 17.9 Å². The minimum atomic E-state index is -0.615. The molecular formula is C20H24N3O5+. The highest BCUT2D eigenvalue weighted by Crippen LogP contribution is 2.17. The lowest BCUT2D eigenvalue weighted by molar-refractivity contribution is -0.909. The van der Waals surface area contributed by atoms with E-state index in [9.17, 15) is 14.9 Å². The van der Waals surface area contributed by atoms with Crippen LogP contribution in [0.25, 0.3) is 6.08 Å². The Morgan fingerprint density at radius 2 is 1.96 bits per heavy atom.